The zero-order valence-electron chi connectivity index (χ0n) is 11.7. The summed E-state index contributed by atoms with van der Waals surface area (Å²) in [4.78, 5) is 0. The van der Waals surface area contributed by atoms with Gasteiger partial charge in [-0.2, -0.15) is 0 Å². The lowest BCUT2D eigenvalue weighted by Gasteiger charge is -2.14. The minimum absolute atomic E-state index is 0.519. The molecule has 0 saturated carbocycles. The number of aliphatic hydroxyl groups excluding tert-OH is 1. The molecule has 0 amide bonds. The first-order valence-corrected chi connectivity index (χ1v) is 6.54. The van der Waals surface area contributed by atoms with Crippen molar-refractivity contribution in [2.45, 2.75) is 33.5 Å². The van der Waals surface area contributed by atoms with Gasteiger partial charge in [-0.1, -0.05) is 42.0 Å². The molecule has 100 valence electrons. The molecule has 2 aromatic carbocycles. The van der Waals surface area contributed by atoms with Crippen LogP contribution in [0.25, 0.3) is 0 Å². The van der Waals surface area contributed by atoms with E-state index in [4.69, 9.17) is 4.74 Å². The van der Waals surface area contributed by atoms with Gasteiger partial charge in [0.05, 0.1) is 6.10 Å². The van der Waals surface area contributed by atoms with Crippen LogP contribution in [0, 0.1) is 13.8 Å². The molecule has 1 N–H and O–H groups in total. The number of aryl methyl sites for hydroxylation is 2. The molecule has 0 aliphatic carbocycles. The van der Waals surface area contributed by atoms with Crippen LogP contribution in [0.15, 0.2) is 42.5 Å². The Morgan fingerprint density at radius 1 is 1.11 bits per heavy atom. The average Bonchev–Trinajstić information content (AvgIpc) is 2.40. The van der Waals surface area contributed by atoms with Gasteiger partial charge in [-0.25, -0.2) is 0 Å². The number of hydrogen-bond donors (Lipinski definition) is 1. The van der Waals surface area contributed by atoms with Gasteiger partial charge in [0.1, 0.15) is 12.4 Å². The monoisotopic (exact) mass is 256 g/mol. The SMILES string of the molecule is Cc1ccc(C)c(COc2ccccc2C(C)O)c1. The van der Waals surface area contributed by atoms with Gasteiger partial charge in [0.15, 0.2) is 0 Å². The van der Waals surface area contributed by atoms with Crippen LogP contribution in [0.1, 0.15) is 35.3 Å². The molecule has 1 unspecified atom stereocenters. The highest BCUT2D eigenvalue weighted by atomic mass is 16.5. The summed E-state index contributed by atoms with van der Waals surface area (Å²) in [5, 5.41) is 9.72. The van der Waals surface area contributed by atoms with Gasteiger partial charge in [-0.3, -0.25) is 0 Å². The van der Waals surface area contributed by atoms with Gasteiger partial charge in [-0.15, -0.1) is 0 Å². The smallest absolute Gasteiger partial charge is 0.125 e. The van der Waals surface area contributed by atoms with Crippen molar-refractivity contribution in [2.75, 3.05) is 0 Å². The summed E-state index contributed by atoms with van der Waals surface area (Å²) < 4.78 is 5.86. The molecule has 0 heterocycles. The van der Waals surface area contributed by atoms with Crippen molar-refractivity contribution in [3.05, 3.63) is 64.7 Å². The molecule has 0 fully saturated rings. The first-order valence-electron chi connectivity index (χ1n) is 6.54. The minimum atomic E-state index is -0.519. The van der Waals surface area contributed by atoms with Gasteiger partial charge < -0.3 is 9.84 Å². The van der Waals surface area contributed by atoms with Crippen LogP contribution in [-0.2, 0) is 6.61 Å². The summed E-state index contributed by atoms with van der Waals surface area (Å²) in [5.41, 5.74) is 4.46. The molecule has 0 spiro atoms. The van der Waals surface area contributed by atoms with Crippen molar-refractivity contribution in [3.8, 4) is 5.75 Å². The van der Waals surface area contributed by atoms with Gasteiger partial charge >= 0.3 is 0 Å². The Balaban J connectivity index is 2.17. The van der Waals surface area contributed by atoms with Crippen LogP contribution in [0.2, 0.25) is 0 Å². The van der Waals surface area contributed by atoms with E-state index in [0.717, 1.165) is 11.3 Å². The molecular formula is C17H20O2. The highest BCUT2D eigenvalue weighted by Crippen LogP contribution is 2.25. The van der Waals surface area contributed by atoms with Gasteiger partial charge in [0, 0.05) is 5.56 Å². The van der Waals surface area contributed by atoms with E-state index in [1.54, 1.807) is 6.92 Å². The number of para-hydroxylation sites is 1. The molecular weight excluding hydrogens is 236 g/mol. The van der Waals surface area contributed by atoms with E-state index < -0.39 is 6.10 Å². The maximum Gasteiger partial charge on any atom is 0.125 e. The summed E-state index contributed by atoms with van der Waals surface area (Å²) in [6.45, 7) is 6.43. The molecule has 0 aromatic heterocycles. The summed E-state index contributed by atoms with van der Waals surface area (Å²) >= 11 is 0. The maximum atomic E-state index is 9.72. The number of ether oxygens (including phenoxy) is 1. The lowest BCUT2D eigenvalue weighted by molar-refractivity contribution is 0.190. The average molecular weight is 256 g/mol. The van der Waals surface area contributed by atoms with Crippen molar-refractivity contribution in [3.63, 3.8) is 0 Å². The topological polar surface area (TPSA) is 29.5 Å². The minimum Gasteiger partial charge on any atom is -0.489 e. The molecule has 0 radical (unpaired) electrons. The summed E-state index contributed by atoms with van der Waals surface area (Å²) in [5.74, 6) is 0.749. The summed E-state index contributed by atoms with van der Waals surface area (Å²) in [6.07, 6.45) is -0.519. The van der Waals surface area contributed by atoms with E-state index in [1.165, 1.54) is 16.7 Å². The molecule has 19 heavy (non-hydrogen) atoms. The number of rotatable bonds is 4. The number of hydrogen-bond acceptors (Lipinski definition) is 2. The van der Waals surface area contributed by atoms with Crippen molar-refractivity contribution in [1.82, 2.24) is 0 Å². The van der Waals surface area contributed by atoms with E-state index in [9.17, 15) is 5.11 Å². The van der Waals surface area contributed by atoms with E-state index in [1.807, 2.05) is 24.3 Å². The highest BCUT2D eigenvalue weighted by Gasteiger charge is 2.08. The predicted molar refractivity (Wildman–Crippen MR) is 77.3 cm³/mol. The molecule has 1 atom stereocenters. The Labute approximate surface area is 114 Å². The molecule has 2 aromatic rings. The zero-order valence-corrected chi connectivity index (χ0v) is 11.7. The summed E-state index contributed by atoms with van der Waals surface area (Å²) in [7, 11) is 0. The molecule has 2 heteroatoms. The molecule has 2 rings (SSSR count). The third-order valence-corrected chi connectivity index (χ3v) is 3.26. The Hall–Kier alpha value is -1.80. The highest BCUT2D eigenvalue weighted by molar-refractivity contribution is 5.36. The first kappa shape index (κ1) is 13.6. The molecule has 0 aliphatic rings. The van der Waals surface area contributed by atoms with Crippen LogP contribution in [-0.4, -0.2) is 5.11 Å². The van der Waals surface area contributed by atoms with Crippen molar-refractivity contribution in [2.24, 2.45) is 0 Å². The van der Waals surface area contributed by atoms with Crippen LogP contribution in [0.4, 0.5) is 0 Å². The van der Waals surface area contributed by atoms with Crippen LogP contribution >= 0.6 is 0 Å². The van der Waals surface area contributed by atoms with E-state index in [0.29, 0.717) is 6.61 Å². The van der Waals surface area contributed by atoms with Crippen LogP contribution in [0.5, 0.6) is 5.75 Å². The van der Waals surface area contributed by atoms with Crippen molar-refractivity contribution < 1.29 is 9.84 Å². The normalized spacial score (nSPS) is 12.2. The van der Waals surface area contributed by atoms with Gasteiger partial charge in [-0.05, 0) is 38.0 Å². The Morgan fingerprint density at radius 2 is 1.84 bits per heavy atom. The fraction of sp³-hybridized carbons (Fsp3) is 0.294. The van der Waals surface area contributed by atoms with E-state index in [-0.39, 0.29) is 0 Å². The number of benzene rings is 2. The number of aliphatic hydroxyl groups is 1. The van der Waals surface area contributed by atoms with Crippen molar-refractivity contribution >= 4 is 0 Å². The second kappa shape index (κ2) is 5.89. The Morgan fingerprint density at radius 3 is 2.58 bits per heavy atom. The second-order valence-corrected chi connectivity index (χ2v) is 4.93. The zero-order chi connectivity index (χ0) is 13.8. The Kier molecular flexibility index (Phi) is 4.23. The fourth-order valence-corrected chi connectivity index (χ4v) is 2.07. The third-order valence-electron chi connectivity index (χ3n) is 3.26. The van der Waals surface area contributed by atoms with Crippen molar-refractivity contribution in [1.29, 1.82) is 0 Å². The maximum absolute atomic E-state index is 9.72. The predicted octanol–water partition coefficient (Wildman–Crippen LogP) is 3.94. The lowest BCUT2D eigenvalue weighted by Crippen LogP contribution is -2.02. The standard InChI is InChI=1S/C17H20O2/c1-12-8-9-13(2)15(10-12)11-19-17-7-5-4-6-16(17)14(3)18/h4-10,14,18H,11H2,1-3H3. The third kappa shape index (κ3) is 3.36. The second-order valence-electron chi connectivity index (χ2n) is 4.93. The molecule has 0 aliphatic heterocycles. The molecule has 0 bridgehead atoms. The molecule has 2 nitrogen and oxygen atoms in total. The Bertz CT molecular complexity index is 559. The first-order chi connectivity index (χ1) is 9.08. The van der Waals surface area contributed by atoms with Crippen LogP contribution in [0.3, 0.4) is 0 Å². The lowest BCUT2D eigenvalue weighted by atomic mass is 10.1. The van der Waals surface area contributed by atoms with Gasteiger partial charge in [0.2, 0.25) is 0 Å². The van der Waals surface area contributed by atoms with E-state index >= 15 is 0 Å². The quantitative estimate of drug-likeness (QED) is 0.898. The largest absolute Gasteiger partial charge is 0.489 e. The van der Waals surface area contributed by atoms with Crippen LogP contribution < -0.4 is 4.74 Å². The molecule has 0 saturated heterocycles. The summed E-state index contributed by atoms with van der Waals surface area (Å²) in [6, 6.07) is 14.0. The van der Waals surface area contributed by atoms with Gasteiger partial charge in [0.25, 0.3) is 0 Å². The fourth-order valence-electron chi connectivity index (χ4n) is 2.07. The van der Waals surface area contributed by atoms with E-state index in [2.05, 4.69) is 32.0 Å².